The molecule has 19 heavy (non-hydrogen) atoms. The summed E-state index contributed by atoms with van der Waals surface area (Å²) in [7, 11) is 2.19. The van der Waals surface area contributed by atoms with Crippen LogP contribution in [0.4, 0.5) is 0 Å². The predicted molar refractivity (Wildman–Crippen MR) is 76.0 cm³/mol. The van der Waals surface area contributed by atoms with E-state index in [1.165, 1.54) is 12.8 Å². The summed E-state index contributed by atoms with van der Waals surface area (Å²) in [6.07, 6.45) is 4.22. The third kappa shape index (κ3) is 2.95. The third-order valence-corrected chi connectivity index (χ3v) is 4.67. The molecule has 0 saturated carbocycles. The number of nitrogens with zero attached hydrogens (tertiary/aromatic N) is 1. The maximum absolute atomic E-state index is 12.5. The average molecular weight is 268 g/mol. The molecule has 2 aliphatic rings. The smallest absolute Gasteiger partial charge is 0.326 e. The minimum atomic E-state index is -0.446. The molecule has 2 saturated heterocycles. The number of nitrogens with one attached hydrogen (secondary N) is 1. The van der Waals surface area contributed by atoms with E-state index in [2.05, 4.69) is 31.1 Å². The van der Waals surface area contributed by atoms with Crippen LogP contribution in [0.3, 0.4) is 0 Å². The van der Waals surface area contributed by atoms with Crippen molar-refractivity contribution in [3.05, 3.63) is 0 Å². The van der Waals surface area contributed by atoms with E-state index < -0.39 is 5.54 Å². The fourth-order valence-corrected chi connectivity index (χ4v) is 3.52. The molecule has 0 aromatic rings. The molecule has 4 heteroatoms. The van der Waals surface area contributed by atoms with E-state index >= 15 is 0 Å². The molecule has 2 fully saturated rings. The Balaban J connectivity index is 2.13. The number of carbonyl (C=O) groups is 1. The predicted octanol–water partition coefficient (Wildman–Crippen LogP) is 1.79. The average Bonchev–Trinajstić information content (AvgIpc) is 2.61. The summed E-state index contributed by atoms with van der Waals surface area (Å²) in [5.41, 5.74) is -0.446. The van der Waals surface area contributed by atoms with Gasteiger partial charge in [0.05, 0.1) is 6.61 Å². The van der Waals surface area contributed by atoms with Gasteiger partial charge in [0.15, 0.2) is 0 Å². The van der Waals surface area contributed by atoms with Crippen LogP contribution in [0.5, 0.6) is 0 Å². The van der Waals surface area contributed by atoms with E-state index in [9.17, 15) is 4.79 Å². The summed E-state index contributed by atoms with van der Waals surface area (Å²) in [4.78, 5) is 14.9. The monoisotopic (exact) mass is 268 g/mol. The number of hydrogen-bond acceptors (Lipinski definition) is 4. The highest BCUT2D eigenvalue weighted by molar-refractivity contribution is 5.81. The van der Waals surface area contributed by atoms with Crippen LogP contribution in [-0.4, -0.2) is 48.7 Å². The van der Waals surface area contributed by atoms with Gasteiger partial charge < -0.3 is 15.0 Å². The Morgan fingerprint density at radius 3 is 2.42 bits per heavy atom. The fourth-order valence-electron chi connectivity index (χ4n) is 3.52. The highest BCUT2D eigenvalue weighted by Gasteiger charge is 2.51. The Hall–Kier alpha value is -0.610. The number of esters is 1. The molecule has 0 spiro atoms. The lowest BCUT2D eigenvalue weighted by Gasteiger charge is -2.44. The second kappa shape index (κ2) is 5.80. The first kappa shape index (κ1) is 14.8. The quantitative estimate of drug-likeness (QED) is 0.772. The number of ether oxygens (including phenoxy) is 1. The lowest BCUT2D eigenvalue weighted by atomic mass is 9.82. The minimum Gasteiger partial charge on any atom is -0.465 e. The number of fused-ring (bicyclic) bond motifs is 2. The normalized spacial score (nSPS) is 34.8. The topological polar surface area (TPSA) is 41.6 Å². The number of rotatable bonds is 5. The Labute approximate surface area is 116 Å². The Bertz CT molecular complexity index is 316. The van der Waals surface area contributed by atoms with Gasteiger partial charge in [0.1, 0.15) is 5.54 Å². The van der Waals surface area contributed by atoms with Crippen LogP contribution in [-0.2, 0) is 9.53 Å². The molecule has 0 amide bonds. The molecule has 1 N–H and O–H groups in total. The van der Waals surface area contributed by atoms with Crippen molar-refractivity contribution in [2.75, 3.05) is 20.2 Å². The molecular formula is C15H28N2O2. The van der Waals surface area contributed by atoms with Gasteiger partial charge in [-0.3, -0.25) is 4.79 Å². The Kier molecular flexibility index (Phi) is 4.51. The Morgan fingerprint density at radius 2 is 1.95 bits per heavy atom. The van der Waals surface area contributed by atoms with Gasteiger partial charge in [0.2, 0.25) is 0 Å². The van der Waals surface area contributed by atoms with Gasteiger partial charge in [0.25, 0.3) is 0 Å². The maximum atomic E-state index is 12.5. The van der Waals surface area contributed by atoms with E-state index in [1.807, 2.05) is 6.92 Å². The number of hydrogen-bond donors (Lipinski definition) is 1. The lowest BCUT2D eigenvalue weighted by molar-refractivity contribution is -0.154. The maximum Gasteiger partial charge on any atom is 0.326 e. The van der Waals surface area contributed by atoms with Crippen molar-refractivity contribution >= 4 is 5.97 Å². The van der Waals surface area contributed by atoms with Crippen LogP contribution < -0.4 is 5.32 Å². The first-order valence-electron chi connectivity index (χ1n) is 7.62. The van der Waals surface area contributed by atoms with Crippen LogP contribution in [0.15, 0.2) is 0 Å². The summed E-state index contributed by atoms with van der Waals surface area (Å²) in [6, 6.07) is 1.06. The zero-order valence-electron chi connectivity index (χ0n) is 12.7. The van der Waals surface area contributed by atoms with Crippen molar-refractivity contribution in [1.29, 1.82) is 0 Å². The molecule has 0 aromatic heterocycles. The van der Waals surface area contributed by atoms with Crippen molar-refractivity contribution in [2.45, 2.75) is 64.1 Å². The van der Waals surface area contributed by atoms with Crippen molar-refractivity contribution < 1.29 is 9.53 Å². The van der Waals surface area contributed by atoms with Crippen molar-refractivity contribution in [3.8, 4) is 0 Å². The van der Waals surface area contributed by atoms with Crippen LogP contribution in [0, 0.1) is 5.92 Å². The van der Waals surface area contributed by atoms with E-state index in [-0.39, 0.29) is 5.97 Å². The highest BCUT2D eigenvalue weighted by atomic mass is 16.5. The standard InChI is InChI=1S/C15H28N2O2/c1-5-19-14(18)15(16-10-11(2)3)8-12-6-7-13(9-15)17(12)4/h11-13,16H,5-10H2,1-4H3. The largest absolute Gasteiger partial charge is 0.465 e. The first-order valence-corrected chi connectivity index (χ1v) is 7.62. The Morgan fingerprint density at radius 1 is 1.37 bits per heavy atom. The lowest BCUT2D eigenvalue weighted by Crippen LogP contribution is -2.62. The van der Waals surface area contributed by atoms with Crippen LogP contribution in [0.25, 0.3) is 0 Å². The molecule has 0 radical (unpaired) electrons. The number of carbonyl (C=O) groups excluding carboxylic acids is 1. The molecule has 0 aliphatic carbocycles. The molecule has 2 atom stereocenters. The molecule has 4 nitrogen and oxygen atoms in total. The molecule has 2 aliphatic heterocycles. The zero-order valence-corrected chi connectivity index (χ0v) is 12.7. The summed E-state index contributed by atoms with van der Waals surface area (Å²) in [5.74, 6) is 0.504. The van der Waals surface area contributed by atoms with Crippen molar-refractivity contribution in [1.82, 2.24) is 10.2 Å². The second-order valence-electron chi connectivity index (χ2n) is 6.54. The van der Waals surface area contributed by atoms with Crippen LogP contribution in [0.2, 0.25) is 0 Å². The number of piperidine rings is 1. The van der Waals surface area contributed by atoms with E-state index in [0.29, 0.717) is 24.6 Å². The minimum absolute atomic E-state index is 0.0411. The summed E-state index contributed by atoms with van der Waals surface area (Å²) in [5, 5.41) is 3.54. The van der Waals surface area contributed by atoms with Gasteiger partial charge in [-0.05, 0) is 52.1 Å². The SMILES string of the molecule is CCOC(=O)C1(NCC(C)C)CC2CCC(C1)N2C. The molecular weight excluding hydrogens is 240 g/mol. The van der Waals surface area contributed by atoms with Gasteiger partial charge >= 0.3 is 5.97 Å². The van der Waals surface area contributed by atoms with Gasteiger partial charge in [-0.15, -0.1) is 0 Å². The molecule has 2 unspecified atom stereocenters. The van der Waals surface area contributed by atoms with Crippen molar-refractivity contribution in [2.24, 2.45) is 5.92 Å². The molecule has 2 bridgehead atoms. The second-order valence-corrected chi connectivity index (χ2v) is 6.54. The molecule has 110 valence electrons. The molecule has 2 heterocycles. The van der Waals surface area contributed by atoms with Crippen LogP contribution >= 0.6 is 0 Å². The molecule has 0 aromatic carbocycles. The summed E-state index contributed by atoms with van der Waals surface area (Å²) in [6.45, 7) is 7.58. The summed E-state index contributed by atoms with van der Waals surface area (Å²) >= 11 is 0. The van der Waals surface area contributed by atoms with E-state index in [1.54, 1.807) is 0 Å². The van der Waals surface area contributed by atoms with Crippen molar-refractivity contribution in [3.63, 3.8) is 0 Å². The van der Waals surface area contributed by atoms with Gasteiger partial charge in [0, 0.05) is 12.1 Å². The van der Waals surface area contributed by atoms with E-state index in [4.69, 9.17) is 4.74 Å². The van der Waals surface area contributed by atoms with Gasteiger partial charge in [-0.2, -0.15) is 0 Å². The third-order valence-electron chi connectivity index (χ3n) is 4.67. The van der Waals surface area contributed by atoms with E-state index in [0.717, 1.165) is 19.4 Å². The fraction of sp³-hybridized carbons (Fsp3) is 0.933. The molecule has 2 rings (SSSR count). The van der Waals surface area contributed by atoms with Gasteiger partial charge in [-0.1, -0.05) is 13.8 Å². The first-order chi connectivity index (χ1) is 8.98. The highest BCUT2D eigenvalue weighted by Crippen LogP contribution is 2.40. The van der Waals surface area contributed by atoms with Gasteiger partial charge in [-0.25, -0.2) is 0 Å². The summed E-state index contributed by atoms with van der Waals surface area (Å²) < 4.78 is 5.36. The zero-order chi connectivity index (χ0) is 14.0. The van der Waals surface area contributed by atoms with Crippen LogP contribution in [0.1, 0.15) is 46.5 Å².